The number of nitriles is 2. The average Bonchev–Trinajstić information content (AvgIpc) is 2.81. The summed E-state index contributed by atoms with van der Waals surface area (Å²) in [6.45, 7) is 5.06. The molecular formula is C27H27ClN4O. The first-order valence-electron chi connectivity index (χ1n) is 10.8. The van der Waals surface area contributed by atoms with Gasteiger partial charge < -0.3 is 15.7 Å². The van der Waals surface area contributed by atoms with Gasteiger partial charge in [-0.2, -0.15) is 10.5 Å². The fourth-order valence-corrected chi connectivity index (χ4v) is 4.19. The number of rotatable bonds is 9. The molecule has 0 heterocycles. The van der Waals surface area contributed by atoms with Gasteiger partial charge in [-0.25, -0.2) is 0 Å². The Labute approximate surface area is 200 Å². The van der Waals surface area contributed by atoms with Gasteiger partial charge in [0, 0.05) is 35.1 Å². The van der Waals surface area contributed by atoms with Gasteiger partial charge in [-0.1, -0.05) is 54.1 Å². The third kappa shape index (κ3) is 5.29. The fraction of sp³-hybridized carbons (Fsp3) is 0.259. The van der Waals surface area contributed by atoms with Crippen molar-refractivity contribution in [1.82, 2.24) is 0 Å². The van der Waals surface area contributed by atoms with E-state index in [9.17, 15) is 5.11 Å². The lowest BCUT2D eigenvalue weighted by molar-refractivity contribution is 0.125. The minimum atomic E-state index is -1.47. The second-order valence-electron chi connectivity index (χ2n) is 7.92. The van der Waals surface area contributed by atoms with E-state index in [1.54, 1.807) is 6.07 Å². The van der Waals surface area contributed by atoms with Crippen molar-refractivity contribution < 1.29 is 5.11 Å². The van der Waals surface area contributed by atoms with E-state index >= 15 is 0 Å². The van der Waals surface area contributed by atoms with Gasteiger partial charge >= 0.3 is 0 Å². The molecule has 0 bridgehead atoms. The van der Waals surface area contributed by atoms with Crippen molar-refractivity contribution in [2.24, 2.45) is 0 Å². The summed E-state index contributed by atoms with van der Waals surface area (Å²) >= 11 is 6.57. The number of hydrogen-bond donors (Lipinski definition) is 3. The summed E-state index contributed by atoms with van der Waals surface area (Å²) in [7, 11) is 0. The summed E-state index contributed by atoms with van der Waals surface area (Å²) in [4.78, 5) is 0. The number of halogens is 1. The lowest BCUT2D eigenvalue weighted by Gasteiger charge is -2.32. The van der Waals surface area contributed by atoms with E-state index in [0.29, 0.717) is 47.6 Å². The third-order valence-corrected chi connectivity index (χ3v) is 5.99. The van der Waals surface area contributed by atoms with Gasteiger partial charge in [0.25, 0.3) is 0 Å². The lowest BCUT2D eigenvalue weighted by atomic mass is 9.79. The molecule has 0 spiro atoms. The van der Waals surface area contributed by atoms with Gasteiger partial charge in [0.05, 0.1) is 25.0 Å². The predicted octanol–water partition coefficient (Wildman–Crippen LogP) is 5.89. The van der Waals surface area contributed by atoms with Crippen molar-refractivity contribution in [2.75, 3.05) is 23.7 Å². The molecule has 0 aromatic heterocycles. The molecule has 0 aliphatic rings. The quantitative estimate of drug-likeness (QED) is 0.274. The molecule has 33 heavy (non-hydrogen) atoms. The molecule has 0 fully saturated rings. The van der Waals surface area contributed by atoms with E-state index in [2.05, 4.69) is 22.8 Å². The van der Waals surface area contributed by atoms with Gasteiger partial charge in [0.15, 0.2) is 0 Å². The maximum absolute atomic E-state index is 12.3. The number of nitrogens with one attached hydrogen (secondary N) is 2. The van der Waals surface area contributed by atoms with E-state index in [1.807, 2.05) is 68.4 Å². The Balaban J connectivity index is 2.09. The highest BCUT2D eigenvalue weighted by atomic mass is 35.5. The number of aryl methyl sites for hydroxylation is 2. The maximum Gasteiger partial charge on any atom is 0.142 e. The Hall–Kier alpha value is -3.51. The topological polar surface area (TPSA) is 91.9 Å². The molecule has 0 saturated heterocycles. The maximum atomic E-state index is 12.3. The van der Waals surface area contributed by atoms with Crippen molar-refractivity contribution in [2.45, 2.75) is 32.3 Å². The molecular weight excluding hydrogens is 432 g/mol. The summed E-state index contributed by atoms with van der Waals surface area (Å²) in [5, 5.41) is 36.8. The number of nitrogens with zero attached hydrogens (tertiary/aromatic N) is 2. The van der Waals surface area contributed by atoms with Crippen LogP contribution in [0, 0.1) is 36.5 Å². The Kier molecular flexibility index (Phi) is 7.96. The zero-order valence-electron chi connectivity index (χ0n) is 18.8. The van der Waals surface area contributed by atoms with Crippen LogP contribution in [0.1, 0.15) is 40.7 Å². The van der Waals surface area contributed by atoms with Crippen LogP contribution in [0.5, 0.6) is 0 Å². The van der Waals surface area contributed by atoms with E-state index in [-0.39, 0.29) is 0 Å². The molecule has 168 valence electrons. The minimum absolute atomic E-state index is 0.415. The Morgan fingerprint density at radius 3 is 1.73 bits per heavy atom. The Morgan fingerprint density at radius 2 is 1.30 bits per heavy atom. The normalized spacial score (nSPS) is 10.8. The molecule has 0 aliphatic carbocycles. The lowest BCUT2D eigenvalue weighted by Crippen LogP contribution is -2.29. The molecule has 0 aliphatic heterocycles. The second kappa shape index (κ2) is 10.9. The number of benzene rings is 3. The van der Waals surface area contributed by atoms with Gasteiger partial charge in [-0.15, -0.1) is 0 Å². The molecule has 0 radical (unpaired) electrons. The standard InChI is InChI=1S/C27H27ClN4O/c1-19-17-21(9-11-25(19)31-15-5-13-29)27(33,23-7-3-4-8-24(23)28)22-10-12-26(20(2)18-22)32-16-6-14-30/h3-4,7-12,17-18,31-33H,5-6,15-16H2,1-2H3. The van der Waals surface area contributed by atoms with Crippen molar-refractivity contribution in [1.29, 1.82) is 10.5 Å². The largest absolute Gasteiger partial charge is 0.384 e. The monoisotopic (exact) mass is 458 g/mol. The molecule has 6 heteroatoms. The summed E-state index contributed by atoms with van der Waals surface area (Å²) in [6, 6.07) is 23.1. The van der Waals surface area contributed by atoms with Crippen LogP contribution >= 0.6 is 11.6 Å². The fourth-order valence-electron chi connectivity index (χ4n) is 3.91. The van der Waals surface area contributed by atoms with Crippen LogP contribution in [0.25, 0.3) is 0 Å². The van der Waals surface area contributed by atoms with Crippen LogP contribution in [0.4, 0.5) is 11.4 Å². The first-order valence-corrected chi connectivity index (χ1v) is 11.2. The summed E-state index contributed by atoms with van der Waals surface area (Å²) in [5.41, 5.74) is 4.29. The molecule has 5 nitrogen and oxygen atoms in total. The van der Waals surface area contributed by atoms with E-state index in [1.165, 1.54) is 0 Å². The molecule has 3 N–H and O–H groups in total. The van der Waals surface area contributed by atoms with Crippen molar-refractivity contribution in [3.8, 4) is 12.1 Å². The van der Waals surface area contributed by atoms with Crippen LogP contribution in [0.15, 0.2) is 60.7 Å². The van der Waals surface area contributed by atoms with Crippen LogP contribution < -0.4 is 10.6 Å². The molecule has 0 unspecified atom stereocenters. The number of aliphatic hydroxyl groups is 1. The molecule has 0 amide bonds. The first-order chi connectivity index (χ1) is 15.9. The van der Waals surface area contributed by atoms with Crippen molar-refractivity contribution in [3.63, 3.8) is 0 Å². The van der Waals surface area contributed by atoms with Crippen LogP contribution in [0.2, 0.25) is 5.02 Å². The summed E-state index contributed by atoms with van der Waals surface area (Å²) in [6.07, 6.45) is 0.831. The van der Waals surface area contributed by atoms with Crippen LogP contribution in [0.3, 0.4) is 0 Å². The van der Waals surface area contributed by atoms with Crippen molar-refractivity contribution in [3.05, 3.63) is 93.5 Å². The average molecular weight is 459 g/mol. The highest BCUT2D eigenvalue weighted by Gasteiger charge is 2.36. The SMILES string of the molecule is Cc1cc(C(O)(c2ccc(NCCC#N)c(C)c2)c2ccccc2Cl)ccc1NCCC#N. The van der Waals surface area contributed by atoms with Gasteiger partial charge in [0.2, 0.25) is 0 Å². The zero-order chi connectivity index (χ0) is 23.8. The van der Waals surface area contributed by atoms with Gasteiger partial charge in [-0.05, 0) is 54.3 Å². The smallest absolute Gasteiger partial charge is 0.142 e. The van der Waals surface area contributed by atoms with Gasteiger partial charge in [0.1, 0.15) is 5.60 Å². The van der Waals surface area contributed by atoms with E-state index in [0.717, 1.165) is 22.5 Å². The molecule has 0 atom stereocenters. The molecule has 3 rings (SSSR count). The number of hydrogen-bond acceptors (Lipinski definition) is 5. The Morgan fingerprint density at radius 1 is 0.818 bits per heavy atom. The second-order valence-corrected chi connectivity index (χ2v) is 8.33. The Bertz CT molecular complexity index is 1140. The van der Waals surface area contributed by atoms with E-state index < -0.39 is 5.60 Å². The summed E-state index contributed by atoms with van der Waals surface area (Å²) in [5.74, 6) is 0. The minimum Gasteiger partial charge on any atom is -0.384 e. The predicted molar refractivity (Wildman–Crippen MR) is 133 cm³/mol. The molecule has 3 aromatic rings. The van der Waals surface area contributed by atoms with Crippen molar-refractivity contribution >= 4 is 23.0 Å². The van der Waals surface area contributed by atoms with E-state index in [4.69, 9.17) is 22.1 Å². The van der Waals surface area contributed by atoms with Crippen LogP contribution in [-0.4, -0.2) is 18.2 Å². The molecule has 3 aromatic carbocycles. The highest BCUT2D eigenvalue weighted by Crippen LogP contribution is 2.41. The number of anilines is 2. The molecule has 0 saturated carbocycles. The highest BCUT2D eigenvalue weighted by molar-refractivity contribution is 6.31. The third-order valence-electron chi connectivity index (χ3n) is 5.66. The van der Waals surface area contributed by atoms with Gasteiger partial charge in [-0.3, -0.25) is 0 Å². The first kappa shape index (κ1) is 24.1. The summed E-state index contributed by atoms with van der Waals surface area (Å²) < 4.78 is 0. The zero-order valence-corrected chi connectivity index (χ0v) is 19.6. The van der Waals surface area contributed by atoms with Crippen LogP contribution in [-0.2, 0) is 5.60 Å².